The van der Waals surface area contributed by atoms with Crippen molar-refractivity contribution in [1.82, 2.24) is 15.3 Å². The Morgan fingerprint density at radius 2 is 2.07 bits per heavy atom. The molecule has 6 nitrogen and oxygen atoms in total. The van der Waals surface area contributed by atoms with Crippen molar-refractivity contribution in [3.63, 3.8) is 0 Å². The fraction of sp³-hybridized carbons (Fsp3) is 0.400. The first-order valence-corrected chi connectivity index (χ1v) is 9.45. The SMILES string of the molecule is CCc1ccc(C(=O)NC2CCC(Oc3cnc(C#N)c(Cl)c3)CC2)cn1. The Kier molecular flexibility index (Phi) is 6.25. The number of carbonyl (C=O) groups excluding carboxylic acids is 1. The van der Waals surface area contributed by atoms with Crippen LogP contribution in [0.3, 0.4) is 0 Å². The molecule has 0 saturated heterocycles. The number of pyridine rings is 2. The molecule has 0 aromatic carbocycles. The molecule has 2 aromatic heterocycles. The third kappa shape index (κ3) is 4.95. The fourth-order valence-electron chi connectivity index (χ4n) is 3.12. The van der Waals surface area contributed by atoms with E-state index in [2.05, 4.69) is 15.3 Å². The van der Waals surface area contributed by atoms with E-state index in [4.69, 9.17) is 21.6 Å². The summed E-state index contributed by atoms with van der Waals surface area (Å²) in [6.45, 7) is 2.03. The third-order valence-electron chi connectivity index (χ3n) is 4.68. The number of amides is 1. The molecule has 0 atom stereocenters. The normalized spacial score (nSPS) is 19.1. The summed E-state index contributed by atoms with van der Waals surface area (Å²) in [5, 5.41) is 12.2. The number of aromatic nitrogens is 2. The van der Waals surface area contributed by atoms with Gasteiger partial charge in [-0.1, -0.05) is 18.5 Å². The van der Waals surface area contributed by atoms with Gasteiger partial charge in [0.25, 0.3) is 5.91 Å². The van der Waals surface area contributed by atoms with Crippen molar-refractivity contribution in [3.05, 3.63) is 52.6 Å². The lowest BCUT2D eigenvalue weighted by molar-refractivity contribution is 0.0893. The highest BCUT2D eigenvalue weighted by Crippen LogP contribution is 2.26. The number of nitriles is 1. The lowest BCUT2D eigenvalue weighted by atomic mass is 9.92. The van der Waals surface area contributed by atoms with E-state index in [0.29, 0.717) is 16.3 Å². The molecule has 0 radical (unpaired) electrons. The van der Waals surface area contributed by atoms with Crippen molar-refractivity contribution in [2.75, 3.05) is 0 Å². The van der Waals surface area contributed by atoms with Crippen LogP contribution in [0.1, 0.15) is 54.4 Å². The first-order chi connectivity index (χ1) is 13.1. The highest BCUT2D eigenvalue weighted by molar-refractivity contribution is 6.31. The summed E-state index contributed by atoms with van der Waals surface area (Å²) in [4.78, 5) is 20.6. The summed E-state index contributed by atoms with van der Waals surface area (Å²) in [6, 6.07) is 7.38. The van der Waals surface area contributed by atoms with E-state index in [1.54, 1.807) is 12.3 Å². The molecule has 1 aliphatic rings. The standard InChI is InChI=1S/C20H21ClN4O2/c1-2-14-4-3-13(11-23-14)20(26)25-15-5-7-16(8-6-15)27-17-9-18(21)19(10-22)24-12-17/h3-4,9,11-12,15-16H,2,5-8H2,1H3,(H,25,26). The van der Waals surface area contributed by atoms with E-state index in [9.17, 15) is 4.79 Å². The summed E-state index contributed by atoms with van der Waals surface area (Å²) in [5.74, 6) is 0.478. The second-order valence-electron chi connectivity index (χ2n) is 6.57. The maximum absolute atomic E-state index is 12.4. The van der Waals surface area contributed by atoms with E-state index >= 15 is 0 Å². The smallest absolute Gasteiger partial charge is 0.253 e. The number of aryl methyl sites for hydroxylation is 1. The fourth-order valence-corrected chi connectivity index (χ4v) is 3.32. The van der Waals surface area contributed by atoms with Crippen LogP contribution in [-0.2, 0) is 6.42 Å². The Balaban J connectivity index is 1.49. The molecule has 0 bridgehead atoms. The van der Waals surface area contributed by atoms with Gasteiger partial charge in [-0.3, -0.25) is 9.78 Å². The molecule has 2 aromatic rings. The van der Waals surface area contributed by atoms with Gasteiger partial charge in [-0.15, -0.1) is 0 Å². The molecule has 2 heterocycles. The number of nitrogens with one attached hydrogen (secondary N) is 1. The number of hydrogen-bond acceptors (Lipinski definition) is 5. The lowest BCUT2D eigenvalue weighted by Gasteiger charge is -2.29. The molecular weight excluding hydrogens is 364 g/mol. The third-order valence-corrected chi connectivity index (χ3v) is 4.97. The van der Waals surface area contributed by atoms with Gasteiger partial charge in [0.15, 0.2) is 5.69 Å². The number of hydrogen-bond donors (Lipinski definition) is 1. The lowest BCUT2D eigenvalue weighted by Crippen LogP contribution is -2.39. The topological polar surface area (TPSA) is 87.9 Å². The molecule has 0 aliphatic heterocycles. The van der Waals surface area contributed by atoms with Crippen molar-refractivity contribution in [2.24, 2.45) is 0 Å². The second-order valence-corrected chi connectivity index (χ2v) is 6.98. The van der Waals surface area contributed by atoms with Crippen LogP contribution >= 0.6 is 11.6 Å². The van der Waals surface area contributed by atoms with Crippen molar-refractivity contribution in [1.29, 1.82) is 5.26 Å². The van der Waals surface area contributed by atoms with Gasteiger partial charge in [-0.05, 0) is 44.2 Å². The minimum absolute atomic E-state index is 0.0504. The van der Waals surface area contributed by atoms with E-state index in [-0.39, 0.29) is 23.7 Å². The summed E-state index contributed by atoms with van der Waals surface area (Å²) in [7, 11) is 0. The Hall–Kier alpha value is -2.65. The van der Waals surface area contributed by atoms with Crippen molar-refractivity contribution in [2.45, 2.75) is 51.2 Å². The summed E-state index contributed by atoms with van der Waals surface area (Å²) in [5.41, 5.74) is 1.75. The maximum atomic E-state index is 12.4. The minimum Gasteiger partial charge on any atom is -0.489 e. The molecule has 1 saturated carbocycles. The van der Waals surface area contributed by atoms with Gasteiger partial charge in [0.1, 0.15) is 11.8 Å². The predicted octanol–water partition coefficient (Wildman–Crippen LogP) is 3.68. The molecular formula is C20H21ClN4O2. The molecule has 1 amide bonds. The molecule has 0 unspecified atom stereocenters. The van der Waals surface area contributed by atoms with Crippen LogP contribution in [0, 0.1) is 11.3 Å². The van der Waals surface area contributed by atoms with Crippen LogP contribution in [0.2, 0.25) is 5.02 Å². The summed E-state index contributed by atoms with van der Waals surface area (Å²) in [6.07, 6.45) is 7.39. The van der Waals surface area contributed by atoms with Crippen molar-refractivity contribution < 1.29 is 9.53 Å². The molecule has 3 rings (SSSR count). The van der Waals surface area contributed by atoms with Crippen LogP contribution in [0.5, 0.6) is 5.75 Å². The quantitative estimate of drug-likeness (QED) is 0.849. The molecule has 1 fully saturated rings. The molecule has 1 N–H and O–H groups in total. The van der Waals surface area contributed by atoms with Crippen molar-refractivity contribution >= 4 is 17.5 Å². The first-order valence-electron chi connectivity index (χ1n) is 9.07. The van der Waals surface area contributed by atoms with E-state index in [1.165, 1.54) is 6.20 Å². The number of carbonyl (C=O) groups is 1. The molecule has 1 aliphatic carbocycles. The van der Waals surface area contributed by atoms with Gasteiger partial charge in [0.2, 0.25) is 0 Å². The Morgan fingerprint density at radius 1 is 1.30 bits per heavy atom. The van der Waals surface area contributed by atoms with Crippen LogP contribution in [-0.4, -0.2) is 28.0 Å². The van der Waals surface area contributed by atoms with E-state index in [0.717, 1.165) is 37.8 Å². The monoisotopic (exact) mass is 384 g/mol. The van der Waals surface area contributed by atoms with Crippen LogP contribution in [0.15, 0.2) is 30.6 Å². The number of rotatable bonds is 5. The summed E-state index contributed by atoms with van der Waals surface area (Å²) < 4.78 is 5.92. The van der Waals surface area contributed by atoms with Crippen LogP contribution in [0.25, 0.3) is 0 Å². The highest BCUT2D eigenvalue weighted by Gasteiger charge is 2.24. The van der Waals surface area contributed by atoms with Gasteiger partial charge >= 0.3 is 0 Å². The van der Waals surface area contributed by atoms with Crippen LogP contribution in [0.4, 0.5) is 0 Å². The Morgan fingerprint density at radius 3 is 2.67 bits per heavy atom. The van der Waals surface area contributed by atoms with Crippen LogP contribution < -0.4 is 10.1 Å². The zero-order valence-electron chi connectivity index (χ0n) is 15.1. The maximum Gasteiger partial charge on any atom is 0.253 e. The molecule has 7 heteroatoms. The highest BCUT2D eigenvalue weighted by atomic mass is 35.5. The van der Waals surface area contributed by atoms with Crippen molar-refractivity contribution in [3.8, 4) is 11.8 Å². The van der Waals surface area contributed by atoms with E-state index < -0.39 is 0 Å². The Bertz CT molecular complexity index is 840. The average molecular weight is 385 g/mol. The van der Waals surface area contributed by atoms with Gasteiger partial charge in [-0.2, -0.15) is 5.26 Å². The number of halogens is 1. The number of nitrogens with zero attached hydrogens (tertiary/aromatic N) is 3. The molecule has 140 valence electrons. The zero-order valence-corrected chi connectivity index (χ0v) is 15.9. The Labute approximate surface area is 163 Å². The largest absolute Gasteiger partial charge is 0.489 e. The minimum atomic E-state index is -0.0856. The summed E-state index contributed by atoms with van der Waals surface area (Å²) >= 11 is 5.99. The second kappa shape index (κ2) is 8.83. The zero-order chi connectivity index (χ0) is 19.2. The first kappa shape index (κ1) is 19.1. The molecule has 27 heavy (non-hydrogen) atoms. The molecule has 0 spiro atoms. The van der Waals surface area contributed by atoms with Gasteiger partial charge in [-0.25, -0.2) is 4.98 Å². The van der Waals surface area contributed by atoms with Gasteiger partial charge < -0.3 is 10.1 Å². The van der Waals surface area contributed by atoms with Gasteiger partial charge in [0.05, 0.1) is 22.9 Å². The number of ether oxygens (including phenoxy) is 1. The van der Waals surface area contributed by atoms with Gasteiger partial charge in [0, 0.05) is 24.0 Å². The average Bonchev–Trinajstić information content (AvgIpc) is 2.69. The van der Waals surface area contributed by atoms with E-state index in [1.807, 2.05) is 25.1 Å². The predicted molar refractivity (Wildman–Crippen MR) is 102 cm³/mol.